The lowest BCUT2D eigenvalue weighted by atomic mass is 9.65. The number of carbonyl (C=O) groups excluding carboxylic acids is 1. The fraction of sp³-hybridized carbons (Fsp3) is 0.579. The van der Waals surface area contributed by atoms with Gasteiger partial charge in [0.25, 0.3) is 0 Å². The van der Waals surface area contributed by atoms with Gasteiger partial charge in [0.2, 0.25) is 0 Å². The lowest BCUT2D eigenvalue weighted by Gasteiger charge is -2.48. The minimum Gasteiger partial charge on any atom is -0.443 e. The summed E-state index contributed by atoms with van der Waals surface area (Å²) in [5, 5.41) is 6.28. The summed E-state index contributed by atoms with van der Waals surface area (Å²) in [6.07, 6.45) is 8.11. The molecule has 1 aromatic heterocycles. The summed E-state index contributed by atoms with van der Waals surface area (Å²) < 4.78 is 11.4. The van der Waals surface area contributed by atoms with Crippen molar-refractivity contribution in [1.29, 1.82) is 0 Å². The molecule has 1 aliphatic carbocycles. The molecule has 132 valence electrons. The van der Waals surface area contributed by atoms with E-state index in [4.69, 9.17) is 9.15 Å². The molecule has 1 spiro atoms. The summed E-state index contributed by atoms with van der Waals surface area (Å²) in [5.74, 6) is 0.984. The van der Waals surface area contributed by atoms with E-state index in [1.54, 1.807) is 0 Å². The fourth-order valence-corrected chi connectivity index (χ4v) is 5.12. The second-order valence-corrected chi connectivity index (χ2v) is 7.65. The Morgan fingerprint density at radius 2 is 2.24 bits per heavy atom. The van der Waals surface area contributed by atoms with Gasteiger partial charge in [0.1, 0.15) is 5.52 Å². The highest BCUT2D eigenvalue weighted by Crippen LogP contribution is 2.51. The molecule has 6 nitrogen and oxygen atoms in total. The van der Waals surface area contributed by atoms with Gasteiger partial charge in [-0.25, -0.2) is 9.78 Å². The SMILES string of the molecule is O=C1Nc2ccc3ncoc3c2C2(CCCCC2C[C@H]2CCOC2)N1. The maximum absolute atomic E-state index is 12.5. The van der Waals surface area contributed by atoms with Crippen LogP contribution in [0.15, 0.2) is 22.9 Å². The molecule has 2 aromatic rings. The predicted molar refractivity (Wildman–Crippen MR) is 93.3 cm³/mol. The van der Waals surface area contributed by atoms with Gasteiger partial charge in [-0.15, -0.1) is 0 Å². The van der Waals surface area contributed by atoms with Gasteiger partial charge in [-0.2, -0.15) is 0 Å². The van der Waals surface area contributed by atoms with Gasteiger partial charge in [0.15, 0.2) is 12.0 Å². The molecule has 2 fully saturated rings. The smallest absolute Gasteiger partial charge is 0.319 e. The molecule has 1 aromatic carbocycles. The summed E-state index contributed by atoms with van der Waals surface area (Å²) in [5.41, 5.74) is 3.25. The Balaban J connectivity index is 1.64. The number of carbonyl (C=O) groups is 1. The van der Waals surface area contributed by atoms with Crippen LogP contribution in [0.1, 0.15) is 44.1 Å². The molecule has 2 N–H and O–H groups in total. The van der Waals surface area contributed by atoms with Gasteiger partial charge < -0.3 is 19.8 Å². The van der Waals surface area contributed by atoms with E-state index in [-0.39, 0.29) is 11.6 Å². The largest absolute Gasteiger partial charge is 0.443 e. The highest BCUT2D eigenvalue weighted by atomic mass is 16.5. The number of urea groups is 1. The van der Waals surface area contributed by atoms with E-state index >= 15 is 0 Å². The van der Waals surface area contributed by atoms with E-state index in [1.807, 2.05) is 12.1 Å². The number of aromatic nitrogens is 1. The zero-order valence-corrected chi connectivity index (χ0v) is 14.2. The van der Waals surface area contributed by atoms with Crippen molar-refractivity contribution in [2.24, 2.45) is 11.8 Å². The van der Waals surface area contributed by atoms with Gasteiger partial charge >= 0.3 is 6.03 Å². The third-order valence-electron chi connectivity index (χ3n) is 6.24. The zero-order chi connectivity index (χ0) is 16.9. The first-order chi connectivity index (χ1) is 12.3. The van der Waals surface area contributed by atoms with E-state index in [0.717, 1.165) is 67.7 Å². The maximum Gasteiger partial charge on any atom is 0.319 e. The number of hydrogen-bond donors (Lipinski definition) is 2. The van der Waals surface area contributed by atoms with Crippen LogP contribution in [0, 0.1) is 11.8 Å². The average Bonchev–Trinajstić information content (AvgIpc) is 3.27. The maximum atomic E-state index is 12.5. The van der Waals surface area contributed by atoms with E-state index in [1.165, 1.54) is 12.8 Å². The quantitative estimate of drug-likeness (QED) is 0.872. The topological polar surface area (TPSA) is 76.4 Å². The molecular formula is C19H23N3O3. The number of rotatable bonds is 2. The Bertz CT molecular complexity index is 811. The van der Waals surface area contributed by atoms with Crippen LogP contribution in [0.4, 0.5) is 10.5 Å². The summed E-state index contributed by atoms with van der Waals surface area (Å²) in [6, 6.07) is 3.77. The van der Waals surface area contributed by atoms with Crippen LogP contribution in [-0.2, 0) is 10.3 Å². The van der Waals surface area contributed by atoms with Crippen molar-refractivity contribution >= 4 is 22.8 Å². The second-order valence-electron chi connectivity index (χ2n) is 7.65. The van der Waals surface area contributed by atoms with E-state index < -0.39 is 0 Å². The molecule has 2 unspecified atom stereocenters. The number of nitrogens with zero attached hydrogens (tertiary/aromatic N) is 1. The van der Waals surface area contributed by atoms with Crippen LogP contribution < -0.4 is 10.6 Å². The Labute approximate surface area is 146 Å². The molecule has 6 heteroatoms. The monoisotopic (exact) mass is 341 g/mol. The van der Waals surface area contributed by atoms with Crippen molar-refractivity contribution in [3.05, 3.63) is 24.1 Å². The first-order valence-corrected chi connectivity index (χ1v) is 9.30. The summed E-state index contributed by atoms with van der Waals surface area (Å²) in [4.78, 5) is 16.8. The molecule has 1 saturated carbocycles. The second kappa shape index (κ2) is 5.73. The Morgan fingerprint density at radius 1 is 1.28 bits per heavy atom. The predicted octanol–water partition coefficient (Wildman–Crippen LogP) is 3.78. The van der Waals surface area contributed by atoms with Crippen LogP contribution in [-0.4, -0.2) is 24.2 Å². The minimum atomic E-state index is -0.364. The molecule has 25 heavy (non-hydrogen) atoms. The van der Waals surface area contributed by atoms with Gasteiger partial charge in [-0.3, -0.25) is 0 Å². The first kappa shape index (κ1) is 15.2. The number of nitrogens with one attached hydrogen (secondary N) is 2. The van der Waals surface area contributed by atoms with Crippen molar-refractivity contribution in [2.45, 2.75) is 44.1 Å². The van der Waals surface area contributed by atoms with Crippen molar-refractivity contribution in [3.8, 4) is 0 Å². The lowest BCUT2D eigenvalue weighted by Crippen LogP contribution is -2.57. The van der Waals surface area contributed by atoms with E-state index in [0.29, 0.717) is 11.8 Å². The molecular weight excluding hydrogens is 318 g/mol. The number of oxazole rings is 1. The Kier molecular flexibility index (Phi) is 3.48. The molecule has 1 saturated heterocycles. The molecule has 3 aliphatic rings. The number of hydrogen-bond acceptors (Lipinski definition) is 4. The number of ether oxygens (including phenoxy) is 1. The average molecular weight is 341 g/mol. The Morgan fingerprint density at radius 3 is 3.12 bits per heavy atom. The standard InChI is InChI=1S/C19H23N3O3/c23-18-21-14-4-5-15-17(25-11-20-15)16(14)19(22-18)7-2-1-3-13(19)9-12-6-8-24-10-12/h4-5,11-13H,1-3,6-10H2,(H2,21,22,23)/t12-,13?,19?/m1/s1. The molecule has 2 aliphatic heterocycles. The number of fused-ring (bicyclic) bond motifs is 4. The van der Waals surface area contributed by atoms with Crippen LogP contribution in [0.5, 0.6) is 0 Å². The Hall–Kier alpha value is -2.08. The van der Waals surface area contributed by atoms with Crippen LogP contribution in [0.2, 0.25) is 0 Å². The van der Waals surface area contributed by atoms with E-state index in [2.05, 4.69) is 15.6 Å². The minimum absolute atomic E-state index is 0.110. The first-order valence-electron chi connectivity index (χ1n) is 9.30. The number of amides is 2. The molecule has 0 bridgehead atoms. The zero-order valence-electron chi connectivity index (χ0n) is 14.2. The molecule has 0 radical (unpaired) electrons. The molecule has 3 atom stereocenters. The highest BCUT2D eigenvalue weighted by molar-refractivity contribution is 5.98. The van der Waals surface area contributed by atoms with Gasteiger partial charge in [-0.05, 0) is 49.7 Å². The molecule has 5 rings (SSSR count). The van der Waals surface area contributed by atoms with Crippen molar-refractivity contribution in [1.82, 2.24) is 10.3 Å². The summed E-state index contributed by atoms with van der Waals surface area (Å²) in [6.45, 7) is 1.71. The third kappa shape index (κ3) is 2.34. The van der Waals surface area contributed by atoms with Gasteiger partial charge in [0, 0.05) is 18.8 Å². The highest BCUT2D eigenvalue weighted by Gasteiger charge is 2.49. The lowest BCUT2D eigenvalue weighted by molar-refractivity contribution is 0.114. The summed E-state index contributed by atoms with van der Waals surface area (Å²) in [7, 11) is 0. The van der Waals surface area contributed by atoms with Gasteiger partial charge in [0.05, 0.1) is 11.2 Å². The van der Waals surface area contributed by atoms with Crippen LogP contribution in [0.3, 0.4) is 0 Å². The fourth-order valence-electron chi connectivity index (χ4n) is 5.12. The normalized spacial score (nSPS) is 31.8. The van der Waals surface area contributed by atoms with Crippen LogP contribution >= 0.6 is 0 Å². The van der Waals surface area contributed by atoms with Crippen molar-refractivity contribution in [3.63, 3.8) is 0 Å². The summed E-state index contributed by atoms with van der Waals surface area (Å²) >= 11 is 0. The van der Waals surface area contributed by atoms with Crippen LogP contribution in [0.25, 0.3) is 11.1 Å². The molecule has 2 amide bonds. The third-order valence-corrected chi connectivity index (χ3v) is 6.24. The van der Waals surface area contributed by atoms with E-state index in [9.17, 15) is 4.79 Å². The number of benzene rings is 1. The van der Waals surface area contributed by atoms with Crippen molar-refractivity contribution in [2.75, 3.05) is 18.5 Å². The number of anilines is 1. The molecule has 3 heterocycles. The van der Waals surface area contributed by atoms with Crippen molar-refractivity contribution < 1.29 is 13.9 Å². The van der Waals surface area contributed by atoms with Gasteiger partial charge in [-0.1, -0.05) is 12.8 Å².